The molecule has 0 unspecified atom stereocenters. The van der Waals surface area contributed by atoms with Crippen molar-refractivity contribution in [3.8, 4) is 5.75 Å². The van der Waals surface area contributed by atoms with Gasteiger partial charge in [0.1, 0.15) is 10.6 Å². The highest BCUT2D eigenvalue weighted by molar-refractivity contribution is 7.99. The minimum Gasteiger partial charge on any atom is -0.494 e. The van der Waals surface area contributed by atoms with Gasteiger partial charge in [-0.15, -0.1) is 11.8 Å². The highest BCUT2D eigenvalue weighted by atomic mass is 32.2. The van der Waals surface area contributed by atoms with Gasteiger partial charge in [-0.1, -0.05) is 12.1 Å². The highest BCUT2D eigenvalue weighted by Crippen LogP contribution is 2.21. The molecule has 6 nitrogen and oxygen atoms in total. The number of nitrogens with zero attached hydrogens (tertiary/aromatic N) is 2. The molecule has 2 aromatic rings. The smallest absolute Gasteiger partial charge is 0.244 e. The number of ether oxygens (including phenoxy) is 2. The molecule has 1 fully saturated rings. The number of thioether (sulfide) groups is 1. The molecular formula is C19H24N2O4S2. The monoisotopic (exact) mass is 408 g/mol. The fraction of sp³-hybridized carbons (Fsp3) is 0.421. The van der Waals surface area contributed by atoms with E-state index in [0.717, 1.165) is 22.9 Å². The van der Waals surface area contributed by atoms with E-state index in [9.17, 15) is 8.42 Å². The lowest BCUT2D eigenvalue weighted by Crippen LogP contribution is -2.40. The van der Waals surface area contributed by atoms with Crippen LogP contribution in [0.15, 0.2) is 52.5 Å². The maximum atomic E-state index is 12.6. The first-order chi connectivity index (χ1) is 13.1. The van der Waals surface area contributed by atoms with Crippen LogP contribution in [0.4, 0.5) is 0 Å². The summed E-state index contributed by atoms with van der Waals surface area (Å²) in [5.41, 5.74) is 1.18. The molecule has 1 aromatic carbocycles. The number of aromatic nitrogens is 1. The zero-order valence-corrected chi connectivity index (χ0v) is 17.0. The molecule has 146 valence electrons. The summed E-state index contributed by atoms with van der Waals surface area (Å²) in [6.07, 6.45) is 2.32. The van der Waals surface area contributed by atoms with Gasteiger partial charge in [0.15, 0.2) is 0 Å². The molecule has 0 aliphatic carbocycles. The van der Waals surface area contributed by atoms with Crippen LogP contribution in [-0.2, 0) is 14.8 Å². The predicted octanol–water partition coefficient (Wildman–Crippen LogP) is 2.97. The van der Waals surface area contributed by atoms with Crippen molar-refractivity contribution in [2.75, 3.05) is 38.7 Å². The Morgan fingerprint density at radius 1 is 1.22 bits per heavy atom. The minimum atomic E-state index is -3.48. The van der Waals surface area contributed by atoms with E-state index in [2.05, 4.69) is 4.98 Å². The van der Waals surface area contributed by atoms with Crippen LogP contribution in [0.5, 0.6) is 5.75 Å². The van der Waals surface area contributed by atoms with Gasteiger partial charge in [-0.3, -0.25) is 0 Å². The second kappa shape index (κ2) is 9.54. The van der Waals surface area contributed by atoms with Gasteiger partial charge in [0.2, 0.25) is 10.0 Å². The summed E-state index contributed by atoms with van der Waals surface area (Å²) in [5, 5.41) is 0.812. The summed E-state index contributed by atoms with van der Waals surface area (Å²) in [4.78, 5) is 4.53. The Hall–Kier alpha value is -1.61. The molecule has 0 radical (unpaired) electrons. The van der Waals surface area contributed by atoms with Gasteiger partial charge in [-0.25, -0.2) is 13.4 Å². The molecule has 0 saturated carbocycles. The van der Waals surface area contributed by atoms with Crippen molar-refractivity contribution in [2.45, 2.75) is 23.3 Å². The Bertz CT molecular complexity index is 835. The van der Waals surface area contributed by atoms with E-state index in [1.54, 1.807) is 23.9 Å². The quantitative estimate of drug-likeness (QED) is 0.494. The number of morpholine rings is 1. The molecule has 0 atom stereocenters. The third-order valence-electron chi connectivity index (χ3n) is 4.11. The maximum absolute atomic E-state index is 12.6. The Labute approximate surface area is 164 Å². The summed E-state index contributed by atoms with van der Waals surface area (Å²) in [6.45, 7) is 4.33. The lowest BCUT2D eigenvalue weighted by molar-refractivity contribution is 0.0730. The van der Waals surface area contributed by atoms with Gasteiger partial charge in [-0.05, 0) is 43.2 Å². The normalized spacial score (nSPS) is 15.6. The topological polar surface area (TPSA) is 68.7 Å². The molecule has 8 heteroatoms. The molecule has 0 amide bonds. The molecule has 0 N–H and O–H groups in total. The Kier molecular flexibility index (Phi) is 7.12. The van der Waals surface area contributed by atoms with Gasteiger partial charge in [0.05, 0.1) is 24.8 Å². The number of benzene rings is 1. The number of pyridine rings is 1. The Balaban J connectivity index is 1.45. The van der Waals surface area contributed by atoms with Crippen LogP contribution in [0.1, 0.15) is 12.0 Å². The van der Waals surface area contributed by atoms with Crippen LogP contribution in [0.2, 0.25) is 0 Å². The summed E-state index contributed by atoms with van der Waals surface area (Å²) in [6, 6.07) is 11.4. The van der Waals surface area contributed by atoms with Crippen molar-refractivity contribution in [1.29, 1.82) is 0 Å². The molecule has 27 heavy (non-hydrogen) atoms. The zero-order chi connectivity index (χ0) is 19.1. The van der Waals surface area contributed by atoms with Gasteiger partial charge in [0.25, 0.3) is 0 Å². The fourth-order valence-electron chi connectivity index (χ4n) is 2.67. The van der Waals surface area contributed by atoms with Crippen molar-refractivity contribution in [1.82, 2.24) is 9.29 Å². The van der Waals surface area contributed by atoms with Crippen LogP contribution < -0.4 is 4.74 Å². The van der Waals surface area contributed by atoms with Gasteiger partial charge < -0.3 is 9.47 Å². The summed E-state index contributed by atoms with van der Waals surface area (Å²) >= 11 is 1.59. The molecule has 0 spiro atoms. The van der Waals surface area contributed by atoms with E-state index in [-0.39, 0.29) is 4.90 Å². The highest BCUT2D eigenvalue weighted by Gasteiger charge is 2.26. The van der Waals surface area contributed by atoms with Crippen LogP contribution in [-0.4, -0.2) is 56.4 Å². The van der Waals surface area contributed by atoms with E-state index >= 15 is 0 Å². The lowest BCUT2D eigenvalue weighted by atomic mass is 10.2. The van der Waals surface area contributed by atoms with Crippen molar-refractivity contribution >= 4 is 21.8 Å². The molecule has 1 aliphatic rings. The minimum absolute atomic E-state index is 0.233. The molecular weight excluding hydrogens is 384 g/mol. The summed E-state index contributed by atoms with van der Waals surface area (Å²) < 4.78 is 37.5. The molecule has 1 aliphatic heterocycles. The Morgan fingerprint density at radius 2 is 2.04 bits per heavy atom. The van der Waals surface area contributed by atoms with Crippen LogP contribution >= 0.6 is 11.8 Å². The van der Waals surface area contributed by atoms with E-state index < -0.39 is 10.0 Å². The third-order valence-corrected chi connectivity index (χ3v) is 7.03. The van der Waals surface area contributed by atoms with E-state index in [1.165, 1.54) is 16.1 Å². The molecule has 2 heterocycles. The van der Waals surface area contributed by atoms with Crippen LogP contribution in [0.3, 0.4) is 0 Å². The summed E-state index contributed by atoms with van der Waals surface area (Å²) in [7, 11) is -3.48. The summed E-state index contributed by atoms with van der Waals surface area (Å²) in [5.74, 6) is 1.74. The zero-order valence-electron chi connectivity index (χ0n) is 15.3. The standard InChI is InChI=1S/C19H24N2O4S2/c1-16-4-2-5-17(14-16)25-10-3-13-26-19-7-6-18(15-20-19)27(22,23)21-8-11-24-12-9-21/h2,4-7,14-15H,3,8-13H2,1H3. The average Bonchev–Trinajstić information content (AvgIpc) is 2.69. The second-order valence-corrected chi connectivity index (χ2v) is 9.27. The maximum Gasteiger partial charge on any atom is 0.244 e. The van der Waals surface area contributed by atoms with E-state index in [0.29, 0.717) is 32.9 Å². The first kappa shape index (κ1) is 20.1. The lowest BCUT2D eigenvalue weighted by Gasteiger charge is -2.25. The van der Waals surface area contributed by atoms with Crippen molar-refractivity contribution < 1.29 is 17.9 Å². The van der Waals surface area contributed by atoms with Gasteiger partial charge >= 0.3 is 0 Å². The van der Waals surface area contributed by atoms with Gasteiger partial charge in [0, 0.05) is 25.0 Å². The Morgan fingerprint density at radius 3 is 2.74 bits per heavy atom. The second-order valence-electron chi connectivity index (χ2n) is 6.22. The molecule has 0 bridgehead atoms. The van der Waals surface area contributed by atoms with Crippen LogP contribution in [0, 0.1) is 6.92 Å². The number of hydrogen-bond donors (Lipinski definition) is 0. The molecule has 1 aromatic heterocycles. The van der Waals surface area contributed by atoms with Crippen LogP contribution in [0.25, 0.3) is 0 Å². The van der Waals surface area contributed by atoms with Crippen molar-refractivity contribution in [3.63, 3.8) is 0 Å². The number of hydrogen-bond acceptors (Lipinski definition) is 6. The predicted molar refractivity (Wildman–Crippen MR) is 106 cm³/mol. The SMILES string of the molecule is Cc1cccc(OCCCSc2ccc(S(=O)(=O)N3CCOCC3)cn2)c1. The first-order valence-electron chi connectivity index (χ1n) is 8.92. The number of sulfonamides is 1. The van der Waals surface area contributed by atoms with Gasteiger partial charge in [-0.2, -0.15) is 4.31 Å². The number of rotatable bonds is 8. The van der Waals surface area contributed by atoms with E-state index in [1.807, 2.05) is 31.2 Å². The molecule has 3 rings (SSSR count). The van der Waals surface area contributed by atoms with Crippen molar-refractivity contribution in [2.24, 2.45) is 0 Å². The average molecular weight is 409 g/mol. The first-order valence-corrected chi connectivity index (χ1v) is 11.3. The van der Waals surface area contributed by atoms with Crippen molar-refractivity contribution in [3.05, 3.63) is 48.2 Å². The fourth-order valence-corrected chi connectivity index (χ4v) is 4.79. The number of aryl methyl sites for hydroxylation is 1. The molecule has 1 saturated heterocycles. The third kappa shape index (κ3) is 5.68. The van der Waals surface area contributed by atoms with E-state index in [4.69, 9.17) is 9.47 Å². The largest absolute Gasteiger partial charge is 0.494 e.